The minimum absolute atomic E-state index is 0.222. The number of nitrogens with one attached hydrogen (secondary N) is 6. The van der Waals surface area contributed by atoms with Crippen LogP contribution in [0.3, 0.4) is 0 Å². The monoisotopic (exact) mass is 1090 g/mol. The summed E-state index contributed by atoms with van der Waals surface area (Å²) in [6.45, 7) is 16.2. The van der Waals surface area contributed by atoms with E-state index in [0.717, 1.165) is 50.1 Å². The normalized spacial score (nSPS) is 11.7. The van der Waals surface area contributed by atoms with Gasteiger partial charge in [0.05, 0.1) is 0 Å². The average molecular weight is 1090 g/mol. The van der Waals surface area contributed by atoms with Crippen LogP contribution < -0.4 is 46.1 Å². The van der Waals surface area contributed by atoms with Crippen LogP contribution in [-0.4, -0.2) is 73.4 Å². The maximum absolute atomic E-state index is 14.0. The molecule has 7 aromatic rings. The molecule has 81 heavy (non-hydrogen) atoms. The van der Waals surface area contributed by atoms with Crippen LogP contribution in [0.1, 0.15) is 37.5 Å². The van der Waals surface area contributed by atoms with Crippen molar-refractivity contribution in [3.05, 3.63) is 218 Å². The number of carbonyl (C=O) groups excluding carboxylic acids is 6. The van der Waals surface area contributed by atoms with Crippen molar-refractivity contribution in [2.24, 2.45) is 0 Å². The van der Waals surface area contributed by atoms with Crippen LogP contribution in [0.2, 0.25) is 0 Å². The minimum atomic E-state index is -0.897. The Morgan fingerprint density at radius 1 is 0.370 bits per heavy atom. The summed E-state index contributed by atoms with van der Waals surface area (Å²) in [7, 11) is 0. The number of hydrogen-bond acceptors (Lipinski definition) is 9. The molecule has 3 atom stereocenters. The third-order valence-electron chi connectivity index (χ3n) is 12.6. The molecule has 0 saturated carbocycles. The molecule has 0 bridgehead atoms. The minimum Gasteiger partial charge on any atom is -0.490 e. The number of ether oxygens (including phenoxy) is 3. The van der Waals surface area contributed by atoms with Gasteiger partial charge in [-0.15, -0.1) is 0 Å². The lowest BCUT2D eigenvalue weighted by Gasteiger charge is -2.19. The molecule has 0 aromatic heterocycles. The summed E-state index contributed by atoms with van der Waals surface area (Å²) >= 11 is 0. The molecule has 6 amide bonds. The van der Waals surface area contributed by atoms with Crippen LogP contribution >= 0.6 is 0 Å². The molecule has 414 valence electrons. The summed E-state index contributed by atoms with van der Waals surface area (Å²) in [6, 6.07) is 47.2. The van der Waals surface area contributed by atoms with Gasteiger partial charge in [0.2, 0.25) is 35.4 Å². The Bertz CT molecular complexity index is 3010. The first-order valence-electron chi connectivity index (χ1n) is 26.3. The number of amides is 6. The number of carbonyl (C=O) groups is 6. The predicted molar refractivity (Wildman–Crippen MR) is 319 cm³/mol. The molecular weight excluding hydrogens is 1020 g/mol. The Hall–Kier alpha value is -10.0. The largest absolute Gasteiger partial charge is 0.490 e. The van der Waals surface area contributed by atoms with Crippen LogP contribution in [0, 0.1) is 0 Å². The van der Waals surface area contributed by atoms with Crippen molar-refractivity contribution < 1.29 is 43.0 Å². The second kappa shape index (κ2) is 29.1. The number of hydrogen-bond donors (Lipinski definition) is 6. The highest BCUT2D eigenvalue weighted by molar-refractivity contribution is 6.00. The van der Waals surface area contributed by atoms with E-state index in [9.17, 15) is 28.8 Å². The summed E-state index contributed by atoms with van der Waals surface area (Å²) in [6.07, 6.45) is 5.62. The van der Waals surface area contributed by atoms with Gasteiger partial charge in [0.25, 0.3) is 0 Å². The fourth-order valence-corrected chi connectivity index (χ4v) is 8.85. The van der Waals surface area contributed by atoms with E-state index in [1.165, 1.54) is 20.8 Å². The lowest BCUT2D eigenvalue weighted by molar-refractivity contribution is -0.125. The van der Waals surface area contributed by atoms with Gasteiger partial charge in [0.15, 0.2) is 0 Å². The first kappa shape index (κ1) is 58.7. The predicted octanol–water partition coefficient (Wildman–Crippen LogP) is 10.4. The summed E-state index contributed by atoms with van der Waals surface area (Å²) in [5.41, 5.74) is 8.41. The van der Waals surface area contributed by atoms with Crippen molar-refractivity contribution in [2.75, 3.05) is 35.8 Å². The van der Waals surface area contributed by atoms with Crippen LogP contribution in [-0.2, 0) is 48.0 Å². The molecule has 0 unspecified atom stereocenters. The van der Waals surface area contributed by atoms with Crippen LogP contribution in [0.4, 0.5) is 17.1 Å². The molecule has 7 aromatic carbocycles. The second-order valence-corrected chi connectivity index (χ2v) is 19.1. The molecule has 7 rings (SSSR count). The Balaban J connectivity index is 1.20. The zero-order valence-corrected chi connectivity index (χ0v) is 45.6. The van der Waals surface area contributed by atoms with Gasteiger partial charge in [-0.25, -0.2) is 0 Å². The van der Waals surface area contributed by atoms with Crippen molar-refractivity contribution in [3.63, 3.8) is 0 Å². The molecule has 0 heterocycles. The SMILES string of the molecule is C=CCOc1ccc(C[C@H](NC(C)=O)C(=O)Nc2cccc(-c3cc(-c4cccc(NC(=O)[C@H](Cc5ccc(OCC=C)cc5)NC(C)=O)c4)cc(-c4cccc(NC(=O)[C@H](Cc5ccc(OCC=C)cc5)NC(C)=O)c4)c3)c2)cc1. The van der Waals surface area contributed by atoms with E-state index in [4.69, 9.17) is 14.2 Å². The van der Waals surface area contributed by atoms with E-state index < -0.39 is 35.8 Å². The summed E-state index contributed by atoms with van der Waals surface area (Å²) < 4.78 is 16.9. The van der Waals surface area contributed by atoms with Gasteiger partial charge >= 0.3 is 0 Å². The van der Waals surface area contributed by atoms with Gasteiger partial charge in [0.1, 0.15) is 55.2 Å². The summed E-state index contributed by atoms with van der Waals surface area (Å²) in [5, 5.41) is 17.4. The van der Waals surface area contributed by atoms with Gasteiger partial charge in [-0.05, 0) is 141 Å². The van der Waals surface area contributed by atoms with Gasteiger partial charge in [-0.3, -0.25) is 28.8 Å². The van der Waals surface area contributed by atoms with Crippen molar-refractivity contribution in [1.29, 1.82) is 0 Å². The molecule has 0 spiro atoms. The molecule has 0 aliphatic carbocycles. The molecule has 0 aliphatic heterocycles. The third kappa shape index (κ3) is 18.0. The van der Waals surface area contributed by atoms with Gasteiger partial charge in [-0.2, -0.15) is 0 Å². The smallest absolute Gasteiger partial charge is 0.247 e. The number of rotatable bonds is 27. The Kier molecular flexibility index (Phi) is 21.1. The third-order valence-corrected chi connectivity index (χ3v) is 12.6. The fourth-order valence-electron chi connectivity index (χ4n) is 8.85. The van der Waals surface area contributed by atoms with Crippen LogP contribution in [0.15, 0.2) is 202 Å². The highest BCUT2D eigenvalue weighted by atomic mass is 16.5. The van der Waals surface area contributed by atoms with E-state index >= 15 is 0 Å². The zero-order chi connectivity index (χ0) is 57.7. The van der Waals surface area contributed by atoms with E-state index in [1.54, 1.807) is 72.8 Å². The fraction of sp³-hybridized carbons (Fsp3) is 0.182. The molecular formula is C66H66N6O9. The number of benzene rings is 7. The van der Waals surface area contributed by atoms with Gasteiger partial charge in [-0.1, -0.05) is 111 Å². The average Bonchev–Trinajstić information content (AvgIpc) is 3.50. The van der Waals surface area contributed by atoms with E-state index in [1.807, 2.05) is 109 Å². The highest BCUT2D eigenvalue weighted by Gasteiger charge is 2.24. The highest BCUT2D eigenvalue weighted by Crippen LogP contribution is 2.36. The number of anilines is 3. The van der Waals surface area contributed by atoms with E-state index in [-0.39, 0.29) is 37.0 Å². The van der Waals surface area contributed by atoms with E-state index in [2.05, 4.69) is 51.6 Å². The Labute approximate surface area is 472 Å². The first-order chi connectivity index (χ1) is 39.1. The maximum Gasteiger partial charge on any atom is 0.247 e. The lowest BCUT2D eigenvalue weighted by Crippen LogP contribution is -2.44. The van der Waals surface area contributed by atoms with Gasteiger partial charge < -0.3 is 46.1 Å². The molecule has 0 saturated heterocycles. The molecule has 15 heteroatoms. The molecule has 15 nitrogen and oxygen atoms in total. The zero-order valence-electron chi connectivity index (χ0n) is 45.6. The molecule has 0 radical (unpaired) electrons. The molecule has 6 N–H and O–H groups in total. The molecule has 0 fully saturated rings. The van der Waals surface area contributed by atoms with Crippen molar-refractivity contribution in [1.82, 2.24) is 16.0 Å². The van der Waals surface area contributed by atoms with Crippen LogP contribution in [0.25, 0.3) is 33.4 Å². The van der Waals surface area contributed by atoms with Crippen molar-refractivity contribution in [3.8, 4) is 50.6 Å². The molecule has 0 aliphatic rings. The topological polar surface area (TPSA) is 202 Å². The Morgan fingerprint density at radius 2 is 0.630 bits per heavy atom. The van der Waals surface area contributed by atoms with Crippen molar-refractivity contribution >= 4 is 52.5 Å². The Morgan fingerprint density at radius 3 is 0.864 bits per heavy atom. The lowest BCUT2D eigenvalue weighted by atomic mass is 9.92. The van der Waals surface area contributed by atoms with E-state index in [0.29, 0.717) is 54.1 Å². The quantitative estimate of drug-likeness (QED) is 0.0271. The second-order valence-electron chi connectivity index (χ2n) is 19.1. The maximum atomic E-state index is 14.0. The van der Waals surface area contributed by atoms with Gasteiger partial charge in [0, 0.05) is 57.1 Å². The van der Waals surface area contributed by atoms with Crippen LogP contribution in [0.5, 0.6) is 17.2 Å². The summed E-state index contributed by atoms with van der Waals surface area (Å²) in [4.78, 5) is 79.1. The van der Waals surface area contributed by atoms with Crippen molar-refractivity contribution in [2.45, 2.75) is 58.2 Å². The standard InChI is InChI=1S/C66H66N6O9/c1-7-31-79-58-25-19-46(20-26-58)34-61(67-43(4)73)64(76)70-55-16-10-13-49(40-55)52-37-53(50-14-11-17-56(41-50)71-65(77)62(68-44(5)74)35-47-21-27-59(28-22-47)80-32-8-2)39-54(38-52)51-15-12-18-57(42-51)72-66(78)63(69-45(6)75)36-48-23-29-60(30-24-48)81-33-9-3/h7-30,37-42,61-63H,1-3,31-36H2,4-6H3,(H,67,73)(H,68,74)(H,69,75)(H,70,76)(H,71,77)(H,72,78)/t61-,62-,63-/m0/s1. The summed E-state index contributed by atoms with van der Waals surface area (Å²) in [5.74, 6) is -0.381. The first-order valence-corrected chi connectivity index (χ1v) is 26.3.